The Morgan fingerprint density at radius 3 is 2.28 bits per heavy atom. The van der Waals surface area contributed by atoms with Gasteiger partial charge in [0.05, 0.1) is 34.9 Å². The minimum Gasteiger partial charge on any atom is -0.383 e. The van der Waals surface area contributed by atoms with E-state index in [4.69, 9.17) is 14.5 Å². The Morgan fingerprint density at radius 2 is 1.67 bits per heavy atom. The lowest BCUT2D eigenvalue weighted by molar-refractivity contribution is 0.0985. The first kappa shape index (κ1) is 28.8. The molecular formula is C28H32N4O5S2. The smallest absolute Gasteiger partial charge is 0.260 e. The SMILES string of the molecule is COCCN(CCOC)S(=O)(=O)c1ccc(C(=O)N(Cc2cccnc2)c2nc3c(C)c(C)ccc3s2)cc1. The van der Waals surface area contributed by atoms with Crippen molar-refractivity contribution in [3.63, 3.8) is 0 Å². The zero-order valence-electron chi connectivity index (χ0n) is 22.5. The average molecular weight is 569 g/mol. The summed E-state index contributed by atoms with van der Waals surface area (Å²) in [6, 6.07) is 13.8. The first-order chi connectivity index (χ1) is 18.8. The number of sulfonamides is 1. The Balaban J connectivity index is 1.67. The van der Waals surface area contributed by atoms with Crippen LogP contribution in [0.5, 0.6) is 0 Å². The number of carbonyl (C=O) groups excluding carboxylic acids is 1. The summed E-state index contributed by atoms with van der Waals surface area (Å²) in [5, 5.41) is 0.564. The number of ether oxygens (including phenoxy) is 2. The summed E-state index contributed by atoms with van der Waals surface area (Å²) in [7, 11) is -0.764. The standard InChI is InChI=1S/C28H32N4O5S2/c1-20-7-12-25-26(21(20)2)30-28(38-25)32(19-22-6-5-13-29-18-22)27(33)23-8-10-24(11-9-23)39(34,35)31(14-16-36-3)15-17-37-4/h5-13,18H,14-17,19H2,1-4H3. The molecule has 0 aliphatic rings. The number of hydrogen-bond acceptors (Lipinski definition) is 8. The van der Waals surface area contributed by atoms with Crippen molar-refractivity contribution in [3.05, 3.63) is 83.2 Å². The van der Waals surface area contributed by atoms with Crippen LogP contribution in [0.3, 0.4) is 0 Å². The number of benzene rings is 2. The van der Waals surface area contributed by atoms with Crippen molar-refractivity contribution in [3.8, 4) is 0 Å². The van der Waals surface area contributed by atoms with Gasteiger partial charge in [0.1, 0.15) is 0 Å². The van der Waals surface area contributed by atoms with Crippen molar-refractivity contribution in [1.29, 1.82) is 0 Å². The monoisotopic (exact) mass is 568 g/mol. The molecule has 9 nitrogen and oxygen atoms in total. The van der Waals surface area contributed by atoms with Gasteiger partial charge in [0, 0.05) is 45.3 Å². The second-order valence-corrected chi connectivity index (χ2v) is 12.0. The Kier molecular flexibility index (Phi) is 9.41. The lowest BCUT2D eigenvalue weighted by Gasteiger charge is -2.22. The fourth-order valence-electron chi connectivity index (χ4n) is 4.04. The number of carbonyl (C=O) groups is 1. The molecule has 2 heterocycles. The van der Waals surface area contributed by atoms with E-state index in [0.29, 0.717) is 10.7 Å². The molecule has 4 aromatic rings. The van der Waals surface area contributed by atoms with Crippen molar-refractivity contribution in [1.82, 2.24) is 14.3 Å². The molecule has 0 saturated carbocycles. The molecular weight excluding hydrogens is 536 g/mol. The van der Waals surface area contributed by atoms with Gasteiger partial charge in [-0.2, -0.15) is 4.31 Å². The topological polar surface area (TPSA) is 102 Å². The number of fused-ring (bicyclic) bond motifs is 1. The minimum atomic E-state index is -3.81. The van der Waals surface area contributed by atoms with Crippen molar-refractivity contribution in [2.24, 2.45) is 0 Å². The molecule has 2 aromatic carbocycles. The van der Waals surface area contributed by atoms with E-state index in [2.05, 4.69) is 11.1 Å². The Morgan fingerprint density at radius 1 is 0.974 bits per heavy atom. The molecule has 0 aliphatic carbocycles. The van der Waals surface area contributed by atoms with Gasteiger partial charge in [0.2, 0.25) is 10.0 Å². The van der Waals surface area contributed by atoms with Crippen molar-refractivity contribution in [2.45, 2.75) is 25.3 Å². The molecule has 0 saturated heterocycles. The molecule has 1 amide bonds. The van der Waals surface area contributed by atoms with Crippen LogP contribution in [-0.2, 0) is 26.0 Å². The van der Waals surface area contributed by atoms with Crippen LogP contribution in [0.25, 0.3) is 10.2 Å². The maximum absolute atomic E-state index is 13.8. The molecule has 0 radical (unpaired) electrons. The molecule has 11 heteroatoms. The Bertz CT molecular complexity index is 1520. The van der Waals surface area contributed by atoms with Crippen molar-refractivity contribution < 1.29 is 22.7 Å². The van der Waals surface area contributed by atoms with Crippen molar-refractivity contribution >= 4 is 42.6 Å². The first-order valence-electron chi connectivity index (χ1n) is 12.4. The van der Waals surface area contributed by atoms with Crippen LogP contribution in [-0.4, -0.2) is 69.1 Å². The van der Waals surface area contributed by atoms with E-state index in [1.54, 1.807) is 29.4 Å². The molecule has 0 bridgehead atoms. The number of pyridine rings is 1. The lowest BCUT2D eigenvalue weighted by atomic mass is 10.1. The zero-order valence-corrected chi connectivity index (χ0v) is 24.1. The van der Waals surface area contributed by atoms with Gasteiger partial charge in [-0.3, -0.25) is 14.7 Å². The van der Waals surface area contributed by atoms with Gasteiger partial charge in [-0.15, -0.1) is 0 Å². The molecule has 206 valence electrons. The lowest BCUT2D eigenvalue weighted by Crippen LogP contribution is -2.36. The Hall–Kier alpha value is -3.22. The van der Waals surface area contributed by atoms with Gasteiger partial charge in [0.25, 0.3) is 5.91 Å². The van der Waals surface area contributed by atoms with Crippen LogP contribution in [0.2, 0.25) is 0 Å². The summed E-state index contributed by atoms with van der Waals surface area (Å²) in [5.41, 5.74) is 4.28. The molecule has 4 rings (SSSR count). The van der Waals surface area contributed by atoms with Gasteiger partial charge in [-0.25, -0.2) is 13.4 Å². The fourth-order valence-corrected chi connectivity index (χ4v) is 6.47. The van der Waals surface area contributed by atoms with Gasteiger partial charge in [0.15, 0.2) is 5.13 Å². The van der Waals surface area contributed by atoms with E-state index in [9.17, 15) is 13.2 Å². The summed E-state index contributed by atoms with van der Waals surface area (Å²) in [6.07, 6.45) is 3.40. The van der Waals surface area contributed by atoms with Gasteiger partial charge < -0.3 is 9.47 Å². The van der Waals surface area contributed by atoms with Crippen LogP contribution in [0.15, 0.2) is 65.8 Å². The predicted octanol–water partition coefficient (Wildman–Crippen LogP) is 4.44. The first-order valence-corrected chi connectivity index (χ1v) is 14.7. The molecule has 2 aromatic heterocycles. The molecule has 0 aliphatic heterocycles. The number of thiazole rings is 1. The van der Waals surface area contributed by atoms with E-state index in [-0.39, 0.29) is 43.7 Å². The number of methoxy groups -OCH3 is 2. The van der Waals surface area contributed by atoms with E-state index in [0.717, 1.165) is 26.9 Å². The van der Waals surface area contributed by atoms with E-state index >= 15 is 0 Å². The maximum atomic E-state index is 13.8. The quantitative estimate of drug-likeness (QED) is 0.249. The largest absolute Gasteiger partial charge is 0.383 e. The Labute approximate surface area is 233 Å². The number of amides is 1. The fraction of sp³-hybridized carbons (Fsp3) is 0.321. The highest BCUT2D eigenvalue weighted by Crippen LogP contribution is 2.33. The summed E-state index contributed by atoms with van der Waals surface area (Å²) in [5.74, 6) is -0.285. The average Bonchev–Trinajstić information content (AvgIpc) is 3.39. The number of aryl methyl sites for hydroxylation is 2. The second-order valence-electron chi connectivity index (χ2n) is 9.02. The van der Waals surface area contributed by atoms with Crippen LogP contribution in [0.4, 0.5) is 5.13 Å². The summed E-state index contributed by atoms with van der Waals surface area (Å²) < 4.78 is 39.0. The molecule has 0 atom stereocenters. The van der Waals surface area contributed by atoms with Gasteiger partial charge >= 0.3 is 0 Å². The molecule has 0 spiro atoms. The maximum Gasteiger partial charge on any atom is 0.260 e. The van der Waals surface area contributed by atoms with Crippen LogP contribution < -0.4 is 4.90 Å². The van der Waals surface area contributed by atoms with Crippen molar-refractivity contribution in [2.75, 3.05) is 45.4 Å². The zero-order chi connectivity index (χ0) is 28.0. The summed E-state index contributed by atoms with van der Waals surface area (Å²) >= 11 is 1.44. The summed E-state index contributed by atoms with van der Waals surface area (Å²) in [4.78, 5) is 24.6. The number of anilines is 1. The molecule has 0 unspecified atom stereocenters. The highest BCUT2D eigenvalue weighted by atomic mass is 32.2. The van der Waals surface area contributed by atoms with Gasteiger partial charge in [-0.05, 0) is 66.9 Å². The summed E-state index contributed by atoms with van der Waals surface area (Å²) in [6.45, 7) is 5.22. The third-order valence-corrected chi connectivity index (χ3v) is 9.40. The number of rotatable bonds is 12. The third-order valence-electron chi connectivity index (χ3n) is 6.44. The van der Waals surface area contributed by atoms with E-state index < -0.39 is 10.0 Å². The minimum absolute atomic E-state index is 0.0937. The predicted molar refractivity (Wildman–Crippen MR) is 153 cm³/mol. The third kappa shape index (κ3) is 6.51. The number of aromatic nitrogens is 2. The normalized spacial score (nSPS) is 11.8. The highest BCUT2D eigenvalue weighted by molar-refractivity contribution is 7.89. The number of hydrogen-bond donors (Lipinski definition) is 0. The van der Waals surface area contributed by atoms with E-state index in [1.165, 1.54) is 42.0 Å². The molecule has 0 N–H and O–H groups in total. The van der Waals surface area contributed by atoms with Crippen LogP contribution >= 0.6 is 11.3 Å². The second kappa shape index (κ2) is 12.8. The highest BCUT2D eigenvalue weighted by Gasteiger charge is 2.26. The number of nitrogens with zero attached hydrogens (tertiary/aromatic N) is 4. The molecule has 0 fully saturated rings. The van der Waals surface area contributed by atoms with Gasteiger partial charge in [-0.1, -0.05) is 23.5 Å². The van der Waals surface area contributed by atoms with Crippen LogP contribution in [0.1, 0.15) is 27.0 Å². The van der Waals surface area contributed by atoms with Crippen LogP contribution in [0, 0.1) is 13.8 Å². The van der Waals surface area contributed by atoms with E-state index in [1.807, 2.05) is 32.0 Å². The molecule has 39 heavy (non-hydrogen) atoms.